The standard InChI is InChI=1S/C21H25N7O2/c1-16-13-17(3-8-20(16)28-15-23-24-25-28)22-14-21(29)27-11-9-26(10-12-27)18-4-6-19(30-2)7-5-18/h3-8,13,15,22H,9-12,14H2,1-2H3. The van der Waals surface area contributed by atoms with Crippen LogP contribution >= 0.6 is 0 Å². The summed E-state index contributed by atoms with van der Waals surface area (Å²) in [4.78, 5) is 16.8. The first-order chi connectivity index (χ1) is 14.6. The molecule has 30 heavy (non-hydrogen) atoms. The van der Waals surface area contributed by atoms with Crippen LogP contribution in [0.25, 0.3) is 5.69 Å². The van der Waals surface area contributed by atoms with Crippen LogP contribution in [0.15, 0.2) is 48.8 Å². The molecule has 1 N–H and O–H groups in total. The molecular formula is C21H25N7O2. The van der Waals surface area contributed by atoms with Gasteiger partial charge in [0.25, 0.3) is 0 Å². The van der Waals surface area contributed by atoms with Crippen LogP contribution in [0.4, 0.5) is 11.4 Å². The number of carbonyl (C=O) groups is 1. The number of hydrogen-bond acceptors (Lipinski definition) is 7. The Morgan fingerprint density at radius 3 is 2.50 bits per heavy atom. The van der Waals surface area contributed by atoms with E-state index < -0.39 is 0 Å². The molecule has 4 rings (SSSR count). The van der Waals surface area contributed by atoms with Crippen LogP contribution in [0.3, 0.4) is 0 Å². The molecule has 2 aromatic carbocycles. The lowest BCUT2D eigenvalue weighted by atomic mass is 10.2. The molecule has 0 bridgehead atoms. The van der Waals surface area contributed by atoms with Crippen LogP contribution in [0.2, 0.25) is 0 Å². The summed E-state index contributed by atoms with van der Waals surface area (Å²) in [5.74, 6) is 0.950. The molecular weight excluding hydrogens is 382 g/mol. The fraction of sp³-hybridized carbons (Fsp3) is 0.333. The highest BCUT2D eigenvalue weighted by Gasteiger charge is 2.21. The van der Waals surface area contributed by atoms with E-state index in [0.717, 1.165) is 41.5 Å². The van der Waals surface area contributed by atoms with Gasteiger partial charge in [-0.25, -0.2) is 4.68 Å². The largest absolute Gasteiger partial charge is 0.497 e. The SMILES string of the molecule is COc1ccc(N2CCN(C(=O)CNc3ccc(-n4cnnn4)c(C)c3)CC2)cc1. The van der Waals surface area contributed by atoms with Gasteiger partial charge in [0.2, 0.25) is 5.91 Å². The van der Waals surface area contributed by atoms with Crippen molar-refractivity contribution in [2.24, 2.45) is 0 Å². The van der Waals surface area contributed by atoms with Crippen LogP contribution in [0, 0.1) is 6.92 Å². The van der Waals surface area contributed by atoms with Crippen molar-refractivity contribution < 1.29 is 9.53 Å². The van der Waals surface area contributed by atoms with Crippen LogP contribution in [-0.2, 0) is 4.79 Å². The maximum absolute atomic E-state index is 12.6. The Balaban J connectivity index is 1.28. The van der Waals surface area contributed by atoms with E-state index in [1.807, 2.05) is 42.2 Å². The Kier molecular flexibility index (Phi) is 5.78. The van der Waals surface area contributed by atoms with E-state index >= 15 is 0 Å². The van der Waals surface area contributed by atoms with E-state index in [4.69, 9.17) is 4.74 Å². The number of tetrazole rings is 1. The van der Waals surface area contributed by atoms with Gasteiger partial charge >= 0.3 is 0 Å². The summed E-state index contributed by atoms with van der Waals surface area (Å²) < 4.78 is 6.83. The number of carbonyl (C=O) groups excluding carboxylic acids is 1. The van der Waals surface area contributed by atoms with Crippen molar-refractivity contribution in [2.75, 3.05) is 50.1 Å². The van der Waals surface area contributed by atoms with Crippen molar-refractivity contribution in [3.05, 3.63) is 54.4 Å². The maximum atomic E-state index is 12.6. The fourth-order valence-electron chi connectivity index (χ4n) is 3.59. The zero-order chi connectivity index (χ0) is 20.9. The highest BCUT2D eigenvalue weighted by Crippen LogP contribution is 2.21. The Bertz CT molecular complexity index is 981. The number of amides is 1. The quantitative estimate of drug-likeness (QED) is 0.666. The molecule has 156 valence electrons. The Labute approximate surface area is 175 Å². The average Bonchev–Trinajstić information content (AvgIpc) is 3.32. The Morgan fingerprint density at radius 1 is 1.10 bits per heavy atom. The van der Waals surface area contributed by atoms with Crippen molar-refractivity contribution in [2.45, 2.75) is 6.92 Å². The lowest BCUT2D eigenvalue weighted by Gasteiger charge is -2.36. The number of rotatable bonds is 6. The van der Waals surface area contributed by atoms with Gasteiger partial charge in [-0.3, -0.25) is 4.79 Å². The molecule has 1 aliphatic heterocycles. The van der Waals surface area contributed by atoms with Crippen molar-refractivity contribution in [3.63, 3.8) is 0 Å². The maximum Gasteiger partial charge on any atom is 0.241 e. The van der Waals surface area contributed by atoms with Crippen LogP contribution in [0.1, 0.15) is 5.56 Å². The van der Waals surface area contributed by atoms with Gasteiger partial charge < -0.3 is 19.9 Å². The van der Waals surface area contributed by atoms with E-state index in [2.05, 4.69) is 37.9 Å². The third kappa shape index (κ3) is 4.35. The molecule has 2 heterocycles. The first kappa shape index (κ1) is 19.7. The topological polar surface area (TPSA) is 88.4 Å². The van der Waals surface area contributed by atoms with Gasteiger partial charge in [0.15, 0.2) is 0 Å². The molecule has 3 aromatic rings. The third-order valence-corrected chi connectivity index (χ3v) is 5.31. The lowest BCUT2D eigenvalue weighted by molar-refractivity contribution is -0.129. The first-order valence-corrected chi connectivity index (χ1v) is 9.89. The van der Waals surface area contributed by atoms with Crippen LogP contribution in [-0.4, -0.2) is 70.8 Å². The smallest absolute Gasteiger partial charge is 0.241 e. The van der Waals surface area contributed by atoms with Gasteiger partial charge in [-0.15, -0.1) is 5.10 Å². The van der Waals surface area contributed by atoms with Crippen molar-refractivity contribution >= 4 is 17.3 Å². The number of methoxy groups -OCH3 is 1. The minimum Gasteiger partial charge on any atom is -0.497 e. The molecule has 0 saturated carbocycles. The van der Waals surface area contributed by atoms with E-state index in [9.17, 15) is 4.79 Å². The summed E-state index contributed by atoms with van der Waals surface area (Å²) in [5, 5.41) is 14.5. The normalized spacial score (nSPS) is 13.9. The summed E-state index contributed by atoms with van der Waals surface area (Å²) in [5.41, 5.74) is 3.98. The molecule has 9 nitrogen and oxygen atoms in total. The predicted octanol–water partition coefficient (Wildman–Crippen LogP) is 1.74. The number of aryl methyl sites for hydroxylation is 1. The second-order valence-electron chi connectivity index (χ2n) is 7.18. The zero-order valence-electron chi connectivity index (χ0n) is 17.2. The molecule has 1 aliphatic rings. The number of benzene rings is 2. The number of hydrogen-bond donors (Lipinski definition) is 1. The Morgan fingerprint density at radius 2 is 1.87 bits per heavy atom. The molecule has 0 radical (unpaired) electrons. The van der Waals surface area contributed by atoms with Gasteiger partial charge in [0, 0.05) is 37.6 Å². The van der Waals surface area contributed by atoms with Crippen LogP contribution < -0.4 is 15.0 Å². The number of piperazine rings is 1. The highest BCUT2D eigenvalue weighted by atomic mass is 16.5. The van der Waals surface area contributed by atoms with Gasteiger partial charge in [0.05, 0.1) is 19.3 Å². The van der Waals surface area contributed by atoms with E-state index in [0.29, 0.717) is 13.1 Å². The number of ether oxygens (including phenoxy) is 1. The summed E-state index contributed by atoms with van der Waals surface area (Å²) in [7, 11) is 1.66. The molecule has 0 atom stereocenters. The summed E-state index contributed by atoms with van der Waals surface area (Å²) in [6.07, 6.45) is 1.56. The molecule has 0 spiro atoms. The number of anilines is 2. The minimum absolute atomic E-state index is 0.103. The molecule has 1 aromatic heterocycles. The van der Waals surface area contributed by atoms with Crippen molar-refractivity contribution in [1.82, 2.24) is 25.1 Å². The van der Waals surface area contributed by atoms with Crippen molar-refractivity contribution in [1.29, 1.82) is 0 Å². The molecule has 1 amide bonds. The monoisotopic (exact) mass is 407 g/mol. The molecule has 1 fully saturated rings. The number of nitrogens with one attached hydrogen (secondary N) is 1. The molecule has 0 unspecified atom stereocenters. The number of nitrogens with zero attached hydrogens (tertiary/aromatic N) is 6. The van der Waals surface area contributed by atoms with Crippen molar-refractivity contribution in [3.8, 4) is 11.4 Å². The molecule has 1 saturated heterocycles. The van der Waals surface area contributed by atoms with Gasteiger partial charge in [-0.1, -0.05) is 0 Å². The average molecular weight is 407 g/mol. The van der Waals surface area contributed by atoms with Crippen LogP contribution in [0.5, 0.6) is 5.75 Å². The summed E-state index contributed by atoms with van der Waals surface area (Å²) in [6, 6.07) is 13.9. The second kappa shape index (κ2) is 8.81. The first-order valence-electron chi connectivity index (χ1n) is 9.89. The lowest BCUT2D eigenvalue weighted by Crippen LogP contribution is -2.50. The third-order valence-electron chi connectivity index (χ3n) is 5.31. The molecule has 9 heteroatoms. The Hall–Kier alpha value is -3.62. The van der Waals surface area contributed by atoms with E-state index in [1.165, 1.54) is 0 Å². The summed E-state index contributed by atoms with van der Waals surface area (Å²) in [6.45, 7) is 5.32. The molecule has 0 aliphatic carbocycles. The van der Waals surface area contributed by atoms with Gasteiger partial charge in [0.1, 0.15) is 12.1 Å². The predicted molar refractivity (Wildman–Crippen MR) is 114 cm³/mol. The minimum atomic E-state index is 0.103. The highest BCUT2D eigenvalue weighted by molar-refractivity contribution is 5.81. The number of aromatic nitrogens is 4. The second-order valence-corrected chi connectivity index (χ2v) is 7.18. The van der Waals surface area contributed by atoms with E-state index in [1.54, 1.807) is 18.1 Å². The van der Waals surface area contributed by atoms with E-state index in [-0.39, 0.29) is 12.5 Å². The fourth-order valence-corrected chi connectivity index (χ4v) is 3.59. The zero-order valence-corrected chi connectivity index (χ0v) is 17.2. The van der Waals surface area contributed by atoms with Gasteiger partial charge in [-0.05, 0) is 65.4 Å². The van der Waals surface area contributed by atoms with Gasteiger partial charge in [-0.2, -0.15) is 0 Å². The summed E-state index contributed by atoms with van der Waals surface area (Å²) >= 11 is 0.